The van der Waals surface area contributed by atoms with Crippen molar-refractivity contribution in [3.63, 3.8) is 0 Å². The van der Waals surface area contributed by atoms with Crippen molar-refractivity contribution >= 4 is 16.7 Å². The number of aliphatic hydroxyl groups excluding tert-OH is 1. The highest BCUT2D eigenvalue weighted by atomic mass is 19.3. The fraction of sp³-hybridized carbons (Fsp3) is 0.320. The van der Waals surface area contributed by atoms with Crippen LogP contribution in [0.3, 0.4) is 0 Å². The molecule has 2 N–H and O–H groups in total. The Morgan fingerprint density at radius 2 is 1.84 bits per heavy atom. The van der Waals surface area contributed by atoms with Gasteiger partial charge in [0, 0.05) is 37.0 Å². The zero-order valence-electron chi connectivity index (χ0n) is 17.2. The van der Waals surface area contributed by atoms with Crippen LogP contribution in [-0.2, 0) is 0 Å². The standard InChI is InChI=1S/C25H23F2NO4/c26-25(27)20-12-28(13-21(20)25)11-18(29)14-32-22-9-8-15-4-1-2-7-19(15)23(22)16-5-3-6-17(10-16)24(30)31/h1-10,18,20-21,29H,11-14H2,(H,30,31). The number of benzene rings is 3. The molecule has 166 valence electrons. The Hall–Kier alpha value is -3.03. The van der Waals surface area contributed by atoms with Crippen LogP contribution in [0.4, 0.5) is 8.78 Å². The number of carbonyl (C=O) groups is 1. The number of β-amino-alcohol motifs (C(OH)–C–C–N with tert-alkyl or cyclic N) is 1. The number of alkyl halides is 2. The first-order valence-corrected chi connectivity index (χ1v) is 10.6. The zero-order chi connectivity index (χ0) is 22.5. The van der Waals surface area contributed by atoms with Gasteiger partial charge in [0.2, 0.25) is 0 Å². The second-order valence-electron chi connectivity index (χ2n) is 8.62. The van der Waals surface area contributed by atoms with Crippen molar-refractivity contribution in [2.75, 3.05) is 26.2 Å². The van der Waals surface area contributed by atoms with Crippen molar-refractivity contribution < 1.29 is 28.5 Å². The third-order valence-electron chi connectivity index (χ3n) is 6.46. The van der Waals surface area contributed by atoms with Gasteiger partial charge >= 0.3 is 5.97 Å². The van der Waals surface area contributed by atoms with E-state index in [0.717, 1.165) is 16.3 Å². The average molecular weight is 439 g/mol. The number of fused-ring (bicyclic) bond motifs is 2. The van der Waals surface area contributed by atoms with Gasteiger partial charge in [-0.2, -0.15) is 0 Å². The Morgan fingerprint density at radius 3 is 2.59 bits per heavy atom. The van der Waals surface area contributed by atoms with Crippen LogP contribution < -0.4 is 4.74 Å². The van der Waals surface area contributed by atoms with E-state index in [9.17, 15) is 23.8 Å². The molecule has 0 amide bonds. The van der Waals surface area contributed by atoms with Crippen molar-refractivity contribution in [2.24, 2.45) is 11.8 Å². The van der Waals surface area contributed by atoms with Crippen molar-refractivity contribution in [3.05, 3.63) is 66.2 Å². The molecule has 32 heavy (non-hydrogen) atoms. The molecule has 3 unspecified atom stereocenters. The van der Waals surface area contributed by atoms with Crippen LogP contribution >= 0.6 is 0 Å². The third-order valence-corrected chi connectivity index (χ3v) is 6.46. The Kier molecular flexibility index (Phi) is 5.10. The number of rotatable bonds is 7. The Balaban J connectivity index is 1.36. The van der Waals surface area contributed by atoms with Crippen molar-refractivity contribution in [3.8, 4) is 16.9 Å². The monoisotopic (exact) mass is 439 g/mol. The summed E-state index contributed by atoms with van der Waals surface area (Å²) < 4.78 is 32.7. The number of aromatic carboxylic acids is 1. The smallest absolute Gasteiger partial charge is 0.335 e. The van der Waals surface area contributed by atoms with Gasteiger partial charge in [-0.1, -0.05) is 42.5 Å². The van der Waals surface area contributed by atoms with E-state index in [2.05, 4.69) is 0 Å². The number of carboxylic acid groups (broad SMARTS) is 1. The minimum absolute atomic E-state index is 0.00614. The largest absolute Gasteiger partial charge is 0.490 e. The lowest BCUT2D eigenvalue weighted by Crippen LogP contribution is -2.37. The molecule has 3 aromatic rings. The first-order valence-electron chi connectivity index (χ1n) is 10.6. The highest BCUT2D eigenvalue weighted by molar-refractivity contribution is 6.01. The molecule has 0 bridgehead atoms. The Bertz CT molecular complexity index is 1170. The maximum atomic E-state index is 13.4. The molecule has 5 rings (SSSR count). The number of aliphatic hydroxyl groups is 1. The van der Waals surface area contributed by atoms with E-state index in [0.29, 0.717) is 24.4 Å². The van der Waals surface area contributed by atoms with Crippen molar-refractivity contribution in [2.45, 2.75) is 12.0 Å². The topological polar surface area (TPSA) is 70.0 Å². The molecule has 0 spiro atoms. The van der Waals surface area contributed by atoms with E-state index in [1.807, 2.05) is 47.4 Å². The molecule has 0 radical (unpaired) electrons. The maximum Gasteiger partial charge on any atom is 0.335 e. The molecule has 2 fully saturated rings. The minimum Gasteiger partial charge on any atom is -0.490 e. The van der Waals surface area contributed by atoms with Gasteiger partial charge < -0.3 is 14.9 Å². The van der Waals surface area contributed by atoms with Gasteiger partial charge in [0.15, 0.2) is 0 Å². The fourth-order valence-corrected chi connectivity index (χ4v) is 4.75. The van der Waals surface area contributed by atoms with E-state index in [1.54, 1.807) is 12.1 Å². The summed E-state index contributed by atoms with van der Waals surface area (Å²) in [4.78, 5) is 13.3. The maximum absolute atomic E-state index is 13.4. The molecule has 2 aliphatic rings. The molecular weight excluding hydrogens is 416 g/mol. The molecule has 0 aromatic heterocycles. The quantitative estimate of drug-likeness (QED) is 0.579. The number of nitrogens with zero attached hydrogens (tertiary/aromatic N) is 1. The number of halogens is 2. The van der Waals surface area contributed by atoms with Crippen LogP contribution in [-0.4, -0.2) is 59.3 Å². The summed E-state index contributed by atoms with van der Waals surface area (Å²) >= 11 is 0. The third kappa shape index (κ3) is 3.72. The van der Waals surface area contributed by atoms with Crippen molar-refractivity contribution in [1.82, 2.24) is 4.90 Å². The summed E-state index contributed by atoms with van der Waals surface area (Å²) in [5.41, 5.74) is 1.62. The summed E-state index contributed by atoms with van der Waals surface area (Å²) in [6, 6.07) is 18.1. The highest BCUT2D eigenvalue weighted by Gasteiger charge is 2.71. The van der Waals surface area contributed by atoms with E-state index in [1.165, 1.54) is 6.07 Å². The molecule has 1 saturated carbocycles. The Labute approximate surface area is 183 Å². The number of hydrogen-bond donors (Lipinski definition) is 2. The zero-order valence-corrected chi connectivity index (χ0v) is 17.2. The molecule has 3 atom stereocenters. The second kappa shape index (κ2) is 7.83. The van der Waals surface area contributed by atoms with Gasteiger partial charge in [-0.25, -0.2) is 13.6 Å². The fourth-order valence-electron chi connectivity index (χ4n) is 4.75. The summed E-state index contributed by atoms with van der Waals surface area (Å²) in [5, 5.41) is 21.7. The van der Waals surface area contributed by atoms with Crippen LogP contribution in [0.2, 0.25) is 0 Å². The van der Waals surface area contributed by atoms with Crippen molar-refractivity contribution in [1.29, 1.82) is 0 Å². The molecule has 7 heteroatoms. The summed E-state index contributed by atoms with van der Waals surface area (Å²) in [6.07, 6.45) is -0.828. The lowest BCUT2D eigenvalue weighted by molar-refractivity contribution is 0.0303. The summed E-state index contributed by atoms with van der Waals surface area (Å²) in [7, 11) is 0. The molecule has 1 saturated heterocycles. The predicted molar refractivity (Wildman–Crippen MR) is 116 cm³/mol. The van der Waals surface area contributed by atoms with E-state index in [-0.39, 0.29) is 18.7 Å². The molecule has 5 nitrogen and oxygen atoms in total. The number of likely N-dealkylation sites (tertiary alicyclic amines) is 1. The van der Waals surface area contributed by atoms with Gasteiger partial charge in [0.05, 0.1) is 5.56 Å². The Morgan fingerprint density at radius 1 is 1.09 bits per heavy atom. The van der Waals surface area contributed by atoms with Gasteiger partial charge in [0.25, 0.3) is 5.92 Å². The predicted octanol–water partition coefficient (Wildman–Crippen LogP) is 4.14. The SMILES string of the molecule is O=C(O)c1cccc(-c2c(OCC(O)CN3CC4C(C3)C4(F)F)ccc3ccccc23)c1. The van der Waals surface area contributed by atoms with Gasteiger partial charge in [0.1, 0.15) is 18.5 Å². The van der Waals surface area contributed by atoms with Crippen LogP contribution in [0.5, 0.6) is 5.75 Å². The average Bonchev–Trinajstić information content (AvgIpc) is 3.10. The lowest BCUT2D eigenvalue weighted by atomic mass is 9.96. The number of ether oxygens (including phenoxy) is 1. The van der Waals surface area contributed by atoms with E-state index >= 15 is 0 Å². The molecule has 1 aliphatic heterocycles. The minimum atomic E-state index is -2.54. The molecule has 3 aromatic carbocycles. The number of piperidine rings is 1. The van der Waals surface area contributed by atoms with Gasteiger partial charge in [-0.05, 0) is 34.5 Å². The van der Waals surface area contributed by atoms with Crippen LogP contribution in [0.15, 0.2) is 60.7 Å². The first kappa shape index (κ1) is 20.8. The number of carboxylic acids is 1. The lowest BCUT2D eigenvalue weighted by Gasteiger charge is -2.23. The molecule has 1 aliphatic carbocycles. The van der Waals surface area contributed by atoms with E-state index < -0.39 is 29.8 Å². The van der Waals surface area contributed by atoms with Crippen LogP contribution in [0.1, 0.15) is 10.4 Å². The molecular formula is C25H23F2NO4. The second-order valence-corrected chi connectivity index (χ2v) is 8.62. The van der Waals surface area contributed by atoms with E-state index in [4.69, 9.17) is 4.74 Å². The summed E-state index contributed by atoms with van der Waals surface area (Å²) in [6.45, 7) is 0.891. The van der Waals surface area contributed by atoms with Gasteiger partial charge in [-0.3, -0.25) is 4.90 Å². The first-order chi connectivity index (χ1) is 15.3. The van der Waals surface area contributed by atoms with Gasteiger partial charge in [-0.15, -0.1) is 0 Å². The summed E-state index contributed by atoms with van der Waals surface area (Å²) in [5.74, 6) is -4.18. The highest BCUT2D eigenvalue weighted by Crippen LogP contribution is 2.59. The normalized spacial score (nSPS) is 22.5. The van der Waals surface area contributed by atoms with Crippen LogP contribution in [0, 0.1) is 11.8 Å². The molecule has 1 heterocycles. The number of hydrogen-bond acceptors (Lipinski definition) is 4. The van der Waals surface area contributed by atoms with Crippen LogP contribution in [0.25, 0.3) is 21.9 Å².